The molecule has 0 spiro atoms. The van der Waals surface area contributed by atoms with Crippen LogP contribution in [-0.2, 0) is 9.53 Å². The largest absolute Gasteiger partial charge is 0.492 e. The molecular formula is C20H26N2O3. The van der Waals surface area contributed by atoms with Gasteiger partial charge in [-0.3, -0.25) is 9.78 Å². The molecule has 0 bridgehead atoms. The Morgan fingerprint density at radius 1 is 1.32 bits per heavy atom. The van der Waals surface area contributed by atoms with Crippen molar-refractivity contribution >= 4 is 22.5 Å². The van der Waals surface area contributed by atoms with E-state index in [1.54, 1.807) is 6.20 Å². The average molecular weight is 342 g/mol. The Balaban J connectivity index is 1.89. The Morgan fingerprint density at radius 3 is 2.80 bits per heavy atom. The van der Waals surface area contributed by atoms with Crippen LogP contribution in [0.4, 0.5) is 5.69 Å². The number of carbonyl (C=O) groups excluding carboxylic acids is 1. The van der Waals surface area contributed by atoms with Gasteiger partial charge in [-0.15, -0.1) is 0 Å². The maximum Gasteiger partial charge on any atom is 0.256 e. The van der Waals surface area contributed by atoms with Gasteiger partial charge in [0.05, 0.1) is 12.3 Å². The van der Waals surface area contributed by atoms with Gasteiger partial charge in [-0.1, -0.05) is 6.92 Å². The second-order valence-electron chi connectivity index (χ2n) is 6.63. The number of fused-ring (bicyclic) bond motifs is 1. The lowest BCUT2D eigenvalue weighted by molar-refractivity contribution is -0.142. The van der Waals surface area contributed by atoms with Crippen molar-refractivity contribution in [1.82, 2.24) is 4.98 Å². The van der Waals surface area contributed by atoms with Gasteiger partial charge in [0.15, 0.2) is 0 Å². The summed E-state index contributed by atoms with van der Waals surface area (Å²) in [7, 11) is 0. The first-order chi connectivity index (χ1) is 12.1. The van der Waals surface area contributed by atoms with Gasteiger partial charge in [-0.2, -0.15) is 0 Å². The van der Waals surface area contributed by atoms with Gasteiger partial charge in [-0.25, -0.2) is 0 Å². The van der Waals surface area contributed by atoms with Crippen molar-refractivity contribution in [2.24, 2.45) is 5.92 Å². The van der Waals surface area contributed by atoms with Gasteiger partial charge in [0.1, 0.15) is 16.9 Å². The molecule has 0 unspecified atom stereocenters. The van der Waals surface area contributed by atoms with E-state index in [9.17, 15) is 4.79 Å². The fraction of sp³-hybridized carbons (Fsp3) is 0.500. The van der Waals surface area contributed by atoms with Gasteiger partial charge < -0.3 is 14.8 Å². The van der Waals surface area contributed by atoms with Crippen molar-refractivity contribution < 1.29 is 14.3 Å². The Kier molecular flexibility index (Phi) is 5.23. The van der Waals surface area contributed by atoms with E-state index in [0.29, 0.717) is 19.1 Å². The number of hydrogen-bond donors (Lipinski definition) is 1. The molecular weight excluding hydrogens is 316 g/mol. The lowest BCUT2D eigenvalue weighted by Crippen LogP contribution is -2.45. The number of benzene rings is 1. The summed E-state index contributed by atoms with van der Waals surface area (Å²) in [6, 6.07) is 7.54. The number of anilines is 1. The van der Waals surface area contributed by atoms with E-state index < -0.39 is 5.60 Å². The molecule has 2 aromatic rings. The third-order valence-corrected chi connectivity index (χ3v) is 4.69. The van der Waals surface area contributed by atoms with Crippen molar-refractivity contribution in [3.8, 4) is 5.75 Å². The molecule has 1 N–H and O–H groups in total. The number of pyridine rings is 1. The number of ether oxygens (including phenoxy) is 2. The lowest BCUT2D eigenvalue weighted by Gasteiger charge is -2.29. The number of amides is 1. The maximum absolute atomic E-state index is 13.0. The topological polar surface area (TPSA) is 60.5 Å². The molecule has 1 atom stereocenters. The van der Waals surface area contributed by atoms with E-state index in [4.69, 9.17) is 9.47 Å². The second kappa shape index (κ2) is 7.40. The minimum absolute atomic E-state index is 0.0854. The summed E-state index contributed by atoms with van der Waals surface area (Å²) in [5.41, 5.74) is 0.719. The molecule has 1 amide bonds. The minimum atomic E-state index is -0.775. The minimum Gasteiger partial charge on any atom is -0.492 e. The molecule has 0 aliphatic heterocycles. The Bertz CT molecular complexity index is 758. The van der Waals surface area contributed by atoms with Crippen LogP contribution < -0.4 is 10.1 Å². The summed E-state index contributed by atoms with van der Waals surface area (Å²) in [6.45, 7) is 7.06. The number of nitrogens with one attached hydrogen (secondary N) is 1. The van der Waals surface area contributed by atoms with E-state index in [0.717, 1.165) is 41.6 Å². The molecule has 1 aliphatic rings. The third-order valence-electron chi connectivity index (χ3n) is 4.69. The van der Waals surface area contributed by atoms with Crippen molar-refractivity contribution in [1.29, 1.82) is 0 Å². The summed E-state index contributed by atoms with van der Waals surface area (Å²) >= 11 is 0. The first kappa shape index (κ1) is 17.7. The quantitative estimate of drug-likeness (QED) is 0.782. The summed E-state index contributed by atoms with van der Waals surface area (Å²) in [4.78, 5) is 17.4. The molecule has 1 saturated carbocycles. The maximum atomic E-state index is 13.0. The van der Waals surface area contributed by atoms with Crippen molar-refractivity contribution in [3.05, 3.63) is 30.5 Å². The van der Waals surface area contributed by atoms with E-state index in [1.165, 1.54) is 0 Å². The zero-order chi connectivity index (χ0) is 17.9. The van der Waals surface area contributed by atoms with Gasteiger partial charge in [-0.05, 0) is 63.3 Å². The van der Waals surface area contributed by atoms with Gasteiger partial charge in [0, 0.05) is 18.2 Å². The Morgan fingerprint density at radius 2 is 2.12 bits per heavy atom. The van der Waals surface area contributed by atoms with Crippen molar-refractivity contribution in [2.75, 3.05) is 18.5 Å². The molecule has 134 valence electrons. The van der Waals surface area contributed by atoms with Crippen LogP contribution in [-0.4, -0.2) is 29.7 Å². The Hall–Kier alpha value is -2.14. The summed E-state index contributed by atoms with van der Waals surface area (Å²) in [5, 5.41) is 3.94. The molecule has 0 radical (unpaired) electrons. The molecule has 1 aromatic carbocycles. The van der Waals surface area contributed by atoms with Gasteiger partial charge in [0.25, 0.3) is 5.91 Å². The fourth-order valence-electron chi connectivity index (χ4n) is 3.09. The highest BCUT2D eigenvalue weighted by Crippen LogP contribution is 2.43. The molecule has 3 rings (SSSR count). The molecule has 5 nitrogen and oxygen atoms in total. The van der Waals surface area contributed by atoms with E-state index in [2.05, 4.69) is 17.2 Å². The number of aromatic nitrogens is 1. The molecule has 25 heavy (non-hydrogen) atoms. The van der Waals surface area contributed by atoms with Gasteiger partial charge >= 0.3 is 0 Å². The smallest absolute Gasteiger partial charge is 0.256 e. The summed E-state index contributed by atoms with van der Waals surface area (Å²) in [6.07, 6.45) is 4.71. The van der Waals surface area contributed by atoms with Gasteiger partial charge in [0.2, 0.25) is 0 Å². The summed E-state index contributed by atoms with van der Waals surface area (Å²) in [5.74, 6) is 0.937. The van der Waals surface area contributed by atoms with Crippen molar-refractivity contribution in [2.45, 2.75) is 45.6 Å². The van der Waals surface area contributed by atoms with Crippen LogP contribution in [0.3, 0.4) is 0 Å². The molecule has 1 aliphatic carbocycles. The number of rotatable bonds is 8. The fourth-order valence-corrected chi connectivity index (χ4v) is 3.09. The first-order valence-corrected chi connectivity index (χ1v) is 9.06. The average Bonchev–Trinajstić information content (AvgIpc) is 3.47. The monoisotopic (exact) mass is 342 g/mol. The zero-order valence-corrected chi connectivity index (χ0v) is 15.2. The van der Waals surface area contributed by atoms with Crippen LogP contribution in [0.25, 0.3) is 10.9 Å². The van der Waals surface area contributed by atoms with Crippen LogP contribution in [0.2, 0.25) is 0 Å². The predicted octanol–water partition coefficient (Wildman–Crippen LogP) is 4.17. The summed E-state index contributed by atoms with van der Waals surface area (Å²) < 4.78 is 11.6. The number of hydrogen-bond acceptors (Lipinski definition) is 4. The van der Waals surface area contributed by atoms with Crippen molar-refractivity contribution in [3.63, 3.8) is 0 Å². The van der Waals surface area contributed by atoms with E-state index >= 15 is 0 Å². The molecule has 1 fully saturated rings. The number of nitrogens with zero attached hydrogens (tertiary/aromatic N) is 1. The highest BCUT2D eigenvalue weighted by molar-refractivity contribution is 6.05. The van der Waals surface area contributed by atoms with Crippen LogP contribution >= 0.6 is 0 Å². The molecule has 5 heteroatoms. The highest BCUT2D eigenvalue weighted by Gasteiger charge is 2.48. The standard InChI is InChI=1S/C20H26N2O3/c1-4-13-25-20(3,14-8-9-14)19(23)22-16-10-11-17(24-5-2)18-15(16)7-6-12-21-18/h6-7,10-12,14H,4-5,8-9,13H2,1-3H3,(H,22,23)/t20-/m1/s1. The third kappa shape index (κ3) is 3.61. The van der Waals surface area contributed by atoms with E-state index in [1.807, 2.05) is 38.1 Å². The second-order valence-corrected chi connectivity index (χ2v) is 6.63. The lowest BCUT2D eigenvalue weighted by atomic mass is 9.98. The van der Waals surface area contributed by atoms with Crippen LogP contribution in [0.5, 0.6) is 5.75 Å². The normalized spacial score (nSPS) is 16.4. The molecule has 1 heterocycles. The van der Waals surface area contributed by atoms with Crippen LogP contribution in [0, 0.1) is 5.92 Å². The van der Waals surface area contributed by atoms with Crippen LogP contribution in [0.15, 0.2) is 30.5 Å². The van der Waals surface area contributed by atoms with Crippen LogP contribution in [0.1, 0.15) is 40.0 Å². The highest BCUT2D eigenvalue weighted by atomic mass is 16.5. The number of carbonyl (C=O) groups is 1. The molecule has 1 aromatic heterocycles. The first-order valence-electron chi connectivity index (χ1n) is 9.06. The molecule has 0 saturated heterocycles. The predicted molar refractivity (Wildman–Crippen MR) is 98.9 cm³/mol. The Labute approximate surface area is 148 Å². The van der Waals surface area contributed by atoms with E-state index in [-0.39, 0.29) is 5.91 Å². The SMILES string of the molecule is CCCO[C@@](C)(C(=O)Nc1ccc(OCC)c2ncccc12)C1CC1. The zero-order valence-electron chi connectivity index (χ0n) is 15.2.